The smallest absolute Gasteiger partial charge is 0.214 e. The van der Waals surface area contributed by atoms with Gasteiger partial charge in [-0.2, -0.15) is 0 Å². The lowest BCUT2D eigenvalue weighted by atomic mass is 10.2. The third-order valence-electron chi connectivity index (χ3n) is 2.34. The molecule has 1 aromatic carbocycles. The Balaban J connectivity index is 2.28. The monoisotopic (exact) mass is 307 g/mol. The molecule has 1 N–H and O–H groups in total. The molecule has 1 aromatic rings. The highest BCUT2D eigenvalue weighted by atomic mass is 35.5. The fourth-order valence-corrected chi connectivity index (χ4v) is 2.27. The molecule has 108 valence electrons. The summed E-state index contributed by atoms with van der Waals surface area (Å²) in [6.07, 6.45) is 0. The van der Waals surface area contributed by atoms with Crippen LogP contribution in [-0.2, 0) is 26.0 Å². The van der Waals surface area contributed by atoms with Crippen LogP contribution in [0.4, 0.5) is 0 Å². The largest absolute Gasteiger partial charge is 0.382 e. The van der Waals surface area contributed by atoms with Crippen molar-refractivity contribution in [1.29, 1.82) is 0 Å². The Morgan fingerprint density at radius 1 is 1.16 bits per heavy atom. The number of methoxy groups -OCH3 is 1. The van der Waals surface area contributed by atoms with E-state index in [1.54, 1.807) is 31.4 Å². The van der Waals surface area contributed by atoms with E-state index in [0.29, 0.717) is 18.2 Å². The maximum Gasteiger partial charge on any atom is 0.214 e. The van der Waals surface area contributed by atoms with E-state index in [9.17, 15) is 8.42 Å². The minimum Gasteiger partial charge on any atom is -0.382 e. The summed E-state index contributed by atoms with van der Waals surface area (Å²) >= 11 is 5.75. The highest BCUT2D eigenvalue weighted by molar-refractivity contribution is 7.89. The number of sulfonamides is 1. The summed E-state index contributed by atoms with van der Waals surface area (Å²) < 4.78 is 35.7. The van der Waals surface area contributed by atoms with E-state index in [0.717, 1.165) is 5.56 Å². The lowest BCUT2D eigenvalue weighted by molar-refractivity contribution is 0.0784. The van der Waals surface area contributed by atoms with E-state index in [2.05, 4.69) is 4.72 Å². The minimum atomic E-state index is -3.33. The van der Waals surface area contributed by atoms with Crippen molar-refractivity contribution in [2.24, 2.45) is 0 Å². The van der Waals surface area contributed by atoms with Crippen molar-refractivity contribution in [2.45, 2.75) is 6.54 Å². The van der Waals surface area contributed by atoms with Crippen molar-refractivity contribution in [3.8, 4) is 0 Å². The van der Waals surface area contributed by atoms with Crippen LogP contribution in [0.25, 0.3) is 0 Å². The standard InChI is InChI=1S/C12H18ClNO4S/c1-17-6-7-18-8-9-19(15,16)14-10-11-2-4-12(13)5-3-11/h2-5,14H,6-10H2,1H3. The van der Waals surface area contributed by atoms with E-state index in [1.165, 1.54) is 0 Å². The highest BCUT2D eigenvalue weighted by Gasteiger charge is 2.09. The molecule has 0 amide bonds. The molecular formula is C12H18ClNO4S. The fraction of sp³-hybridized carbons (Fsp3) is 0.500. The predicted octanol–water partition coefficient (Wildman–Crippen LogP) is 1.42. The van der Waals surface area contributed by atoms with Gasteiger partial charge in [-0.25, -0.2) is 13.1 Å². The molecule has 0 aromatic heterocycles. The van der Waals surface area contributed by atoms with Gasteiger partial charge in [0.25, 0.3) is 0 Å². The summed E-state index contributed by atoms with van der Waals surface area (Å²) in [7, 11) is -1.76. The molecule has 5 nitrogen and oxygen atoms in total. The lowest BCUT2D eigenvalue weighted by Crippen LogP contribution is -2.28. The molecule has 0 unspecified atom stereocenters. The van der Waals surface area contributed by atoms with Crippen LogP contribution in [0.3, 0.4) is 0 Å². The summed E-state index contributed by atoms with van der Waals surface area (Å²) in [5, 5.41) is 0.623. The van der Waals surface area contributed by atoms with Gasteiger partial charge in [0.2, 0.25) is 10.0 Å². The Bertz CT molecular complexity index is 461. The number of halogens is 1. The van der Waals surface area contributed by atoms with Crippen molar-refractivity contribution in [2.75, 3.05) is 32.7 Å². The third-order valence-corrected chi connectivity index (χ3v) is 3.88. The van der Waals surface area contributed by atoms with Gasteiger partial charge in [-0.05, 0) is 17.7 Å². The minimum absolute atomic E-state index is 0.0652. The molecule has 0 spiro atoms. The summed E-state index contributed by atoms with van der Waals surface area (Å²) in [5.41, 5.74) is 0.855. The van der Waals surface area contributed by atoms with Crippen LogP contribution in [-0.4, -0.2) is 41.1 Å². The molecule has 0 saturated heterocycles. The van der Waals surface area contributed by atoms with Gasteiger partial charge in [-0.15, -0.1) is 0 Å². The molecule has 0 aliphatic rings. The van der Waals surface area contributed by atoms with Crippen LogP contribution in [0.2, 0.25) is 5.02 Å². The fourth-order valence-electron chi connectivity index (χ4n) is 1.28. The van der Waals surface area contributed by atoms with Crippen molar-refractivity contribution in [1.82, 2.24) is 4.72 Å². The molecule has 0 atom stereocenters. The number of benzene rings is 1. The molecule has 0 aliphatic carbocycles. The molecule has 0 bridgehead atoms. The van der Waals surface area contributed by atoms with Crippen LogP contribution in [0.1, 0.15) is 5.56 Å². The van der Waals surface area contributed by atoms with Crippen LogP contribution in [0.15, 0.2) is 24.3 Å². The van der Waals surface area contributed by atoms with Crippen molar-refractivity contribution in [3.63, 3.8) is 0 Å². The van der Waals surface area contributed by atoms with Gasteiger partial charge < -0.3 is 9.47 Å². The average molecular weight is 308 g/mol. The van der Waals surface area contributed by atoms with Crippen molar-refractivity contribution in [3.05, 3.63) is 34.9 Å². The molecule has 0 saturated carbocycles. The van der Waals surface area contributed by atoms with E-state index in [-0.39, 0.29) is 18.9 Å². The number of ether oxygens (including phenoxy) is 2. The molecular weight excluding hydrogens is 290 g/mol. The Kier molecular flexibility index (Phi) is 7.33. The second kappa shape index (κ2) is 8.50. The number of hydrogen-bond acceptors (Lipinski definition) is 4. The molecule has 7 heteroatoms. The van der Waals surface area contributed by atoms with Gasteiger partial charge in [0.1, 0.15) is 0 Å². The maximum absolute atomic E-state index is 11.7. The zero-order chi connectivity index (χ0) is 14.1. The molecule has 1 rings (SSSR count). The van der Waals surface area contributed by atoms with Crippen LogP contribution in [0.5, 0.6) is 0 Å². The Morgan fingerprint density at radius 2 is 1.84 bits per heavy atom. The number of rotatable bonds is 9. The average Bonchev–Trinajstić information content (AvgIpc) is 2.38. The van der Waals surface area contributed by atoms with Crippen LogP contribution >= 0.6 is 11.6 Å². The van der Waals surface area contributed by atoms with Gasteiger partial charge >= 0.3 is 0 Å². The van der Waals surface area contributed by atoms with Crippen LogP contribution < -0.4 is 4.72 Å². The van der Waals surface area contributed by atoms with Gasteiger partial charge in [-0.3, -0.25) is 0 Å². The zero-order valence-corrected chi connectivity index (χ0v) is 12.3. The Labute approximate surface area is 118 Å². The highest BCUT2D eigenvalue weighted by Crippen LogP contribution is 2.09. The first kappa shape index (κ1) is 16.4. The zero-order valence-electron chi connectivity index (χ0n) is 10.8. The molecule has 0 heterocycles. The van der Waals surface area contributed by atoms with Crippen LogP contribution in [0, 0.1) is 0 Å². The first-order valence-electron chi connectivity index (χ1n) is 5.82. The topological polar surface area (TPSA) is 64.6 Å². The van der Waals surface area contributed by atoms with Gasteiger partial charge in [0, 0.05) is 18.7 Å². The molecule has 19 heavy (non-hydrogen) atoms. The first-order valence-corrected chi connectivity index (χ1v) is 7.85. The summed E-state index contributed by atoms with van der Waals surface area (Å²) in [4.78, 5) is 0. The summed E-state index contributed by atoms with van der Waals surface area (Å²) in [6.45, 7) is 1.25. The van der Waals surface area contributed by atoms with Gasteiger partial charge in [-0.1, -0.05) is 23.7 Å². The first-order chi connectivity index (χ1) is 9.03. The predicted molar refractivity (Wildman–Crippen MR) is 74.8 cm³/mol. The second-order valence-electron chi connectivity index (χ2n) is 3.87. The van der Waals surface area contributed by atoms with E-state index in [4.69, 9.17) is 21.1 Å². The molecule has 0 radical (unpaired) electrons. The van der Waals surface area contributed by atoms with Gasteiger partial charge in [0.15, 0.2) is 0 Å². The van der Waals surface area contributed by atoms with E-state index in [1.807, 2.05) is 0 Å². The maximum atomic E-state index is 11.7. The molecule has 0 aliphatic heterocycles. The van der Waals surface area contributed by atoms with Crippen molar-refractivity contribution >= 4 is 21.6 Å². The normalized spacial score (nSPS) is 11.7. The van der Waals surface area contributed by atoms with E-state index < -0.39 is 10.0 Å². The van der Waals surface area contributed by atoms with E-state index >= 15 is 0 Å². The molecule has 0 fully saturated rings. The summed E-state index contributed by atoms with van der Waals surface area (Å²) in [6, 6.07) is 7.00. The van der Waals surface area contributed by atoms with Gasteiger partial charge in [0.05, 0.1) is 25.6 Å². The SMILES string of the molecule is COCCOCCS(=O)(=O)NCc1ccc(Cl)cc1. The Hall–Kier alpha value is -0.660. The second-order valence-corrected chi connectivity index (χ2v) is 6.23. The Morgan fingerprint density at radius 3 is 2.47 bits per heavy atom. The van der Waals surface area contributed by atoms with Crippen molar-refractivity contribution < 1.29 is 17.9 Å². The third kappa shape index (κ3) is 7.49. The lowest BCUT2D eigenvalue weighted by Gasteiger charge is -2.07. The number of nitrogens with one attached hydrogen (secondary N) is 1. The number of hydrogen-bond donors (Lipinski definition) is 1. The summed E-state index contributed by atoms with van der Waals surface area (Å²) in [5.74, 6) is -0.0652. The quantitative estimate of drug-likeness (QED) is 0.701.